The number of carbonyl (C=O) groups is 1. The van der Waals surface area contributed by atoms with E-state index in [1.807, 2.05) is 0 Å². The number of amidine groups is 1. The Balaban J connectivity index is 2.18. The van der Waals surface area contributed by atoms with Gasteiger partial charge in [0.1, 0.15) is 11.2 Å². The summed E-state index contributed by atoms with van der Waals surface area (Å²) in [5.41, 5.74) is 5.28. The molecule has 6 nitrogen and oxygen atoms in total. The van der Waals surface area contributed by atoms with Gasteiger partial charge in [0.05, 0.1) is 7.11 Å². The molecule has 0 atom stereocenters. The monoisotopic (exact) mass is 327 g/mol. The molecule has 4 N–H and O–H groups in total. The van der Waals surface area contributed by atoms with E-state index in [-0.39, 0.29) is 11.7 Å². The van der Waals surface area contributed by atoms with Crippen LogP contribution in [0.2, 0.25) is 0 Å². The Morgan fingerprint density at radius 2 is 2.21 bits per heavy atom. The van der Waals surface area contributed by atoms with Gasteiger partial charge >= 0.3 is 0 Å². The molecule has 1 aliphatic rings. The molecule has 0 bridgehead atoms. The highest BCUT2D eigenvalue weighted by molar-refractivity contribution is 9.10. The van der Waals surface area contributed by atoms with Crippen LogP contribution in [0.3, 0.4) is 0 Å². The maximum atomic E-state index is 12.2. The third kappa shape index (κ3) is 2.65. The molecule has 1 amide bonds. The molecule has 102 valence electrons. The number of hydrogen-bond donors (Lipinski definition) is 3. The number of nitrogens with zero attached hydrogens (tertiary/aromatic N) is 1. The molecule has 1 aromatic carbocycles. The van der Waals surface area contributed by atoms with Crippen LogP contribution in [0, 0.1) is 5.41 Å². The van der Waals surface area contributed by atoms with Crippen molar-refractivity contribution in [1.82, 2.24) is 0 Å². The summed E-state index contributed by atoms with van der Waals surface area (Å²) in [5.74, 6) is 0.299. The van der Waals surface area contributed by atoms with E-state index >= 15 is 0 Å². The number of nitrogens with one attached hydrogen (secondary N) is 1. The minimum atomic E-state index is -0.871. The average Bonchev–Trinajstić information content (AvgIpc) is 3.18. The quantitative estimate of drug-likeness (QED) is 0.340. The molecule has 7 heteroatoms. The van der Waals surface area contributed by atoms with E-state index in [1.54, 1.807) is 25.3 Å². The predicted molar refractivity (Wildman–Crippen MR) is 74.4 cm³/mol. The highest BCUT2D eigenvalue weighted by Gasteiger charge is 2.54. The molecule has 2 rings (SSSR count). The molecule has 0 aromatic heterocycles. The Bertz CT molecular complexity index is 541. The largest absolute Gasteiger partial charge is 0.497 e. The molecule has 0 spiro atoms. The highest BCUT2D eigenvalue weighted by atomic mass is 79.9. The number of methoxy groups -OCH3 is 1. The number of hydrogen-bond acceptors (Lipinski definition) is 4. The second kappa shape index (κ2) is 5.08. The number of benzene rings is 1. The second-order valence-electron chi connectivity index (χ2n) is 4.40. The summed E-state index contributed by atoms with van der Waals surface area (Å²) in [6, 6.07) is 5.24. The molecule has 0 unspecified atom stereocenters. The zero-order valence-corrected chi connectivity index (χ0v) is 11.9. The molecule has 0 aliphatic heterocycles. The Morgan fingerprint density at radius 1 is 1.53 bits per heavy atom. The van der Waals surface area contributed by atoms with Gasteiger partial charge in [-0.3, -0.25) is 4.79 Å². The smallest absolute Gasteiger partial charge is 0.238 e. The Morgan fingerprint density at radius 3 is 2.74 bits per heavy atom. The van der Waals surface area contributed by atoms with Crippen molar-refractivity contribution in [2.24, 2.45) is 16.3 Å². The number of nitrogens with two attached hydrogens (primary N) is 1. The number of carbonyl (C=O) groups excluding carboxylic acids is 1. The molecule has 0 radical (unpaired) electrons. The van der Waals surface area contributed by atoms with Gasteiger partial charge in [-0.2, -0.15) is 0 Å². The van der Waals surface area contributed by atoms with E-state index < -0.39 is 5.41 Å². The van der Waals surface area contributed by atoms with Gasteiger partial charge in [-0.15, -0.1) is 0 Å². The third-order valence-corrected chi connectivity index (χ3v) is 3.61. The first-order valence-corrected chi connectivity index (χ1v) is 6.45. The zero-order valence-electron chi connectivity index (χ0n) is 10.3. The van der Waals surface area contributed by atoms with E-state index in [4.69, 9.17) is 15.7 Å². The standard InChI is InChI=1S/C12H14BrN3O3/c1-19-9-5-7(13)4-8(6-9)15-11(17)12(2-3-12)10(14)16-18/h4-6,18H,2-3H2,1H3,(H2,14,16)(H,15,17). The number of amides is 1. The van der Waals surface area contributed by atoms with Crippen LogP contribution >= 0.6 is 15.9 Å². The predicted octanol–water partition coefficient (Wildman–Crippen LogP) is 1.92. The molecular weight excluding hydrogens is 314 g/mol. The molecule has 19 heavy (non-hydrogen) atoms. The SMILES string of the molecule is COc1cc(Br)cc(NC(=O)C2(/C(N)=N/O)CC2)c1. The lowest BCUT2D eigenvalue weighted by Gasteiger charge is -2.14. The first-order valence-electron chi connectivity index (χ1n) is 5.66. The fourth-order valence-electron chi connectivity index (χ4n) is 1.82. The van der Waals surface area contributed by atoms with Crippen molar-refractivity contribution in [3.05, 3.63) is 22.7 Å². The van der Waals surface area contributed by atoms with Crippen LogP contribution in [-0.4, -0.2) is 24.1 Å². The maximum Gasteiger partial charge on any atom is 0.238 e. The van der Waals surface area contributed by atoms with Crippen molar-refractivity contribution in [3.63, 3.8) is 0 Å². The van der Waals surface area contributed by atoms with Crippen LogP contribution in [0.1, 0.15) is 12.8 Å². The van der Waals surface area contributed by atoms with Gasteiger partial charge in [-0.05, 0) is 25.0 Å². The molecular formula is C12H14BrN3O3. The van der Waals surface area contributed by atoms with Crippen LogP contribution in [-0.2, 0) is 4.79 Å². The minimum Gasteiger partial charge on any atom is -0.497 e. The first-order chi connectivity index (χ1) is 9.01. The van der Waals surface area contributed by atoms with E-state index in [0.29, 0.717) is 24.3 Å². The van der Waals surface area contributed by atoms with Crippen molar-refractivity contribution < 1.29 is 14.7 Å². The number of anilines is 1. The lowest BCUT2D eigenvalue weighted by molar-refractivity contribution is -0.119. The van der Waals surface area contributed by atoms with E-state index in [2.05, 4.69) is 26.4 Å². The summed E-state index contributed by atoms with van der Waals surface area (Å²) in [4.78, 5) is 12.2. The molecule has 1 aromatic rings. The highest BCUT2D eigenvalue weighted by Crippen LogP contribution is 2.46. The summed E-state index contributed by atoms with van der Waals surface area (Å²) < 4.78 is 5.91. The molecule has 1 fully saturated rings. The van der Waals surface area contributed by atoms with Crippen LogP contribution in [0.15, 0.2) is 27.8 Å². The Hall–Kier alpha value is -1.76. The van der Waals surface area contributed by atoms with Crippen molar-refractivity contribution in [2.45, 2.75) is 12.8 Å². The van der Waals surface area contributed by atoms with Crippen molar-refractivity contribution in [2.75, 3.05) is 12.4 Å². The van der Waals surface area contributed by atoms with Gasteiger partial charge in [-0.25, -0.2) is 0 Å². The van der Waals surface area contributed by atoms with Gasteiger partial charge in [0.15, 0.2) is 5.84 Å². The van der Waals surface area contributed by atoms with E-state index in [0.717, 1.165) is 4.47 Å². The van der Waals surface area contributed by atoms with Gasteiger partial charge in [0, 0.05) is 16.2 Å². The summed E-state index contributed by atoms with van der Waals surface area (Å²) in [7, 11) is 1.55. The molecule has 1 aliphatic carbocycles. The fraction of sp³-hybridized carbons (Fsp3) is 0.333. The number of halogens is 1. The van der Waals surface area contributed by atoms with Gasteiger partial charge in [0.2, 0.25) is 5.91 Å². The average molecular weight is 328 g/mol. The van der Waals surface area contributed by atoms with Crippen LogP contribution < -0.4 is 15.8 Å². The van der Waals surface area contributed by atoms with E-state index in [9.17, 15) is 4.79 Å². The topological polar surface area (TPSA) is 96.9 Å². The first kappa shape index (κ1) is 13.7. The Kier molecular flexibility index (Phi) is 3.66. The molecule has 1 saturated carbocycles. The van der Waals surface area contributed by atoms with Crippen LogP contribution in [0.5, 0.6) is 5.75 Å². The number of oxime groups is 1. The third-order valence-electron chi connectivity index (χ3n) is 3.15. The summed E-state index contributed by atoms with van der Waals surface area (Å²) in [6.45, 7) is 0. The normalized spacial score (nSPS) is 16.8. The van der Waals surface area contributed by atoms with Gasteiger partial charge < -0.3 is 21.0 Å². The van der Waals surface area contributed by atoms with Crippen molar-refractivity contribution >= 4 is 33.4 Å². The van der Waals surface area contributed by atoms with Crippen LogP contribution in [0.25, 0.3) is 0 Å². The molecule has 0 saturated heterocycles. The number of ether oxygens (including phenoxy) is 1. The summed E-state index contributed by atoms with van der Waals surface area (Å²) in [6.07, 6.45) is 1.17. The van der Waals surface area contributed by atoms with Crippen molar-refractivity contribution in [3.8, 4) is 5.75 Å². The fourth-order valence-corrected chi connectivity index (χ4v) is 2.30. The van der Waals surface area contributed by atoms with Gasteiger partial charge in [-0.1, -0.05) is 21.1 Å². The lowest BCUT2D eigenvalue weighted by atomic mass is 10.1. The van der Waals surface area contributed by atoms with Crippen molar-refractivity contribution in [1.29, 1.82) is 0 Å². The lowest BCUT2D eigenvalue weighted by Crippen LogP contribution is -2.36. The minimum absolute atomic E-state index is 0.0491. The Labute approximate surface area is 118 Å². The maximum absolute atomic E-state index is 12.2. The summed E-state index contributed by atoms with van der Waals surface area (Å²) in [5, 5.41) is 14.4. The second-order valence-corrected chi connectivity index (χ2v) is 5.32. The van der Waals surface area contributed by atoms with Crippen LogP contribution in [0.4, 0.5) is 5.69 Å². The summed E-state index contributed by atoms with van der Waals surface area (Å²) >= 11 is 3.33. The zero-order chi connectivity index (χ0) is 14.0. The van der Waals surface area contributed by atoms with E-state index in [1.165, 1.54) is 0 Å². The number of rotatable bonds is 4. The van der Waals surface area contributed by atoms with Gasteiger partial charge in [0.25, 0.3) is 0 Å². The molecule has 0 heterocycles.